The van der Waals surface area contributed by atoms with E-state index in [0.29, 0.717) is 17.3 Å². The molecule has 2 aromatic rings. The van der Waals surface area contributed by atoms with Crippen molar-refractivity contribution in [1.82, 2.24) is 0 Å². The van der Waals surface area contributed by atoms with E-state index in [4.69, 9.17) is 11.6 Å². The summed E-state index contributed by atoms with van der Waals surface area (Å²) in [5, 5.41) is 3.60. The standard InChI is InChI=1S/C21H23ClN2O2/c1-3-14-8-7-9-15(4-2)20(14)23-21(26)16-12-19(25)24(13-16)18-11-6-5-10-17(18)22/h5-11,16H,3-4,12-13H2,1-2H3,(H,23,26)/t16-/m0/s1. The van der Waals surface area contributed by atoms with Crippen LogP contribution in [-0.2, 0) is 22.4 Å². The second-order valence-electron chi connectivity index (χ2n) is 6.50. The number of nitrogens with zero attached hydrogens (tertiary/aromatic N) is 1. The number of carbonyl (C=O) groups excluding carboxylic acids is 2. The maximum atomic E-state index is 12.8. The van der Waals surface area contributed by atoms with Crippen LogP contribution in [0, 0.1) is 5.92 Å². The molecule has 2 amide bonds. The fourth-order valence-corrected chi connectivity index (χ4v) is 3.65. The summed E-state index contributed by atoms with van der Waals surface area (Å²) >= 11 is 6.21. The zero-order valence-corrected chi connectivity index (χ0v) is 15.8. The van der Waals surface area contributed by atoms with Crippen molar-refractivity contribution in [2.24, 2.45) is 5.92 Å². The zero-order chi connectivity index (χ0) is 18.7. The maximum Gasteiger partial charge on any atom is 0.229 e. The molecule has 1 aliphatic heterocycles. The summed E-state index contributed by atoms with van der Waals surface area (Å²) in [6.45, 7) is 4.50. The van der Waals surface area contributed by atoms with Gasteiger partial charge in [0.25, 0.3) is 0 Å². The summed E-state index contributed by atoms with van der Waals surface area (Å²) in [6, 6.07) is 13.3. The Morgan fingerprint density at radius 2 is 1.77 bits per heavy atom. The minimum Gasteiger partial charge on any atom is -0.325 e. The molecule has 0 saturated carbocycles. The first-order valence-electron chi connectivity index (χ1n) is 9.01. The lowest BCUT2D eigenvalue weighted by molar-refractivity contribution is -0.122. The van der Waals surface area contributed by atoms with E-state index in [2.05, 4.69) is 19.2 Å². The summed E-state index contributed by atoms with van der Waals surface area (Å²) in [6.07, 6.45) is 1.89. The molecule has 1 atom stereocenters. The van der Waals surface area contributed by atoms with E-state index in [1.165, 1.54) is 0 Å². The van der Waals surface area contributed by atoms with Gasteiger partial charge in [-0.3, -0.25) is 9.59 Å². The normalized spacial score (nSPS) is 16.8. The van der Waals surface area contributed by atoms with E-state index >= 15 is 0 Å². The lowest BCUT2D eigenvalue weighted by Gasteiger charge is -2.19. The Balaban J connectivity index is 1.78. The van der Waals surface area contributed by atoms with Crippen molar-refractivity contribution >= 4 is 34.8 Å². The third-order valence-electron chi connectivity index (χ3n) is 4.89. The molecule has 3 rings (SSSR count). The van der Waals surface area contributed by atoms with Crippen LogP contribution < -0.4 is 10.2 Å². The van der Waals surface area contributed by atoms with Gasteiger partial charge >= 0.3 is 0 Å². The van der Waals surface area contributed by atoms with Crippen LogP contribution in [0.4, 0.5) is 11.4 Å². The number of nitrogens with one attached hydrogen (secondary N) is 1. The monoisotopic (exact) mass is 370 g/mol. The predicted molar refractivity (Wildman–Crippen MR) is 106 cm³/mol. The molecule has 1 saturated heterocycles. The van der Waals surface area contributed by atoms with Crippen LogP contribution in [0.25, 0.3) is 0 Å². The molecule has 0 aromatic heterocycles. The van der Waals surface area contributed by atoms with Crippen LogP contribution in [0.5, 0.6) is 0 Å². The van der Waals surface area contributed by atoms with E-state index in [0.717, 1.165) is 29.7 Å². The van der Waals surface area contributed by atoms with Crippen molar-refractivity contribution in [3.8, 4) is 0 Å². The minimum atomic E-state index is -0.381. The molecule has 1 N–H and O–H groups in total. The Morgan fingerprint density at radius 3 is 2.38 bits per heavy atom. The van der Waals surface area contributed by atoms with Gasteiger partial charge in [-0.05, 0) is 36.1 Å². The van der Waals surface area contributed by atoms with Gasteiger partial charge in [-0.15, -0.1) is 0 Å². The molecule has 5 heteroatoms. The molecule has 0 radical (unpaired) electrons. The van der Waals surface area contributed by atoms with Crippen molar-refractivity contribution < 1.29 is 9.59 Å². The van der Waals surface area contributed by atoms with Gasteiger partial charge in [0.2, 0.25) is 11.8 Å². The van der Waals surface area contributed by atoms with Crippen LogP contribution in [0.15, 0.2) is 42.5 Å². The molecule has 0 aliphatic carbocycles. The fraction of sp³-hybridized carbons (Fsp3) is 0.333. The third kappa shape index (κ3) is 3.61. The van der Waals surface area contributed by atoms with Crippen molar-refractivity contribution in [3.05, 3.63) is 58.6 Å². The zero-order valence-electron chi connectivity index (χ0n) is 15.1. The average molecular weight is 371 g/mol. The lowest BCUT2D eigenvalue weighted by atomic mass is 10.0. The first kappa shape index (κ1) is 18.5. The molecule has 26 heavy (non-hydrogen) atoms. The molecule has 1 fully saturated rings. The van der Waals surface area contributed by atoms with Crippen LogP contribution in [-0.4, -0.2) is 18.4 Å². The van der Waals surface area contributed by atoms with Gasteiger partial charge in [-0.2, -0.15) is 0 Å². The number of anilines is 2. The summed E-state index contributed by atoms with van der Waals surface area (Å²) in [7, 11) is 0. The molecule has 1 aliphatic rings. The predicted octanol–water partition coefficient (Wildman–Crippen LogP) is 4.46. The number of carbonyl (C=O) groups is 2. The molecule has 1 heterocycles. The highest BCUT2D eigenvalue weighted by Gasteiger charge is 2.36. The average Bonchev–Trinajstić information content (AvgIpc) is 3.04. The van der Waals surface area contributed by atoms with Crippen LogP contribution in [0.1, 0.15) is 31.4 Å². The van der Waals surface area contributed by atoms with Gasteiger partial charge in [0.1, 0.15) is 0 Å². The number of halogens is 1. The van der Waals surface area contributed by atoms with Crippen LogP contribution in [0.3, 0.4) is 0 Å². The fourth-order valence-electron chi connectivity index (χ4n) is 3.42. The quantitative estimate of drug-likeness (QED) is 0.844. The van der Waals surface area contributed by atoms with Gasteiger partial charge in [0.05, 0.1) is 16.6 Å². The van der Waals surface area contributed by atoms with Crippen molar-refractivity contribution in [3.63, 3.8) is 0 Å². The Kier molecular flexibility index (Phi) is 5.62. The maximum absolute atomic E-state index is 12.8. The van der Waals surface area contributed by atoms with Gasteiger partial charge < -0.3 is 10.2 Å². The Labute approximate surface area is 159 Å². The van der Waals surface area contributed by atoms with Gasteiger partial charge in [-0.1, -0.05) is 55.8 Å². The highest BCUT2D eigenvalue weighted by Crippen LogP contribution is 2.32. The Morgan fingerprint density at radius 1 is 1.12 bits per heavy atom. The number of aryl methyl sites for hydroxylation is 2. The van der Waals surface area contributed by atoms with E-state index in [9.17, 15) is 9.59 Å². The highest BCUT2D eigenvalue weighted by atomic mass is 35.5. The number of para-hydroxylation sites is 2. The van der Waals surface area contributed by atoms with Gasteiger partial charge in [0.15, 0.2) is 0 Å². The summed E-state index contributed by atoms with van der Waals surface area (Å²) in [5.74, 6) is -0.561. The van der Waals surface area contributed by atoms with Gasteiger partial charge in [0, 0.05) is 18.7 Å². The number of rotatable bonds is 5. The summed E-state index contributed by atoms with van der Waals surface area (Å²) in [4.78, 5) is 26.9. The highest BCUT2D eigenvalue weighted by molar-refractivity contribution is 6.33. The Bertz CT molecular complexity index is 812. The van der Waals surface area contributed by atoms with Gasteiger partial charge in [-0.25, -0.2) is 0 Å². The van der Waals surface area contributed by atoms with E-state index < -0.39 is 0 Å². The van der Waals surface area contributed by atoms with Crippen LogP contribution >= 0.6 is 11.6 Å². The molecular weight excluding hydrogens is 348 g/mol. The molecule has 2 aromatic carbocycles. The number of amides is 2. The van der Waals surface area contributed by atoms with Crippen molar-refractivity contribution in [2.45, 2.75) is 33.1 Å². The smallest absolute Gasteiger partial charge is 0.229 e. The van der Waals surface area contributed by atoms with E-state index in [1.807, 2.05) is 36.4 Å². The second kappa shape index (κ2) is 7.92. The second-order valence-corrected chi connectivity index (χ2v) is 6.91. The lowest BCUT2D eigenvalue weighted by Crippen LogP contribution is -2.28. The number of hydrogen-bond donors (Lipinski definition) is 1. The Hall–Kier alpha value is -2.33. The molecule has 136 valence electrons. The van der Waals surface area contributed by atoms with E-state index in [-0.39, 0.29) is 24.2 Å². The first-order chi connectivity index (χ1) is 12.5. The molecule has 0 bridgehead atoms. The topological polar surface area (TPSA) is 49.4 Å². The van der Waals surface area contributed by atoms with E-state index in [1.54, 1.807) is 11.0 Å². The molecule has 0 unspecified atom stereocenters. The molecule has 0 spiro atoms. The van der Waals surface area contributed by atoms with Crippen molar-refractivity contribution in [1.29, 1.82) is 0 Å². The van der Waals surface area contributed by atoms with Crippen LogP contribution in [0.2, 0.25) is 5.02 Å². The SMILES string of the molecule is CCc1cccc(CC)c1NC(=O)[C@H]1CC(=O)N(c2ccccc2Cl)C1. The third-order valence-corrected chi connectivity index (χ3v) is 5.21. The molecule has 4 nitrogen and oxygen atoms in total. The summed E-state index contributed by atoms with van der Waals surface area (Å²) in [5.41, 5.74) is 3.79. The minimum absolute atomic E-state index is 0.0715. The first-order valence-corrected chi connectivity index (χ1v) is 9.39. The molecular formula is C21H23ClN2O2. The summed E-state index contributed by atoms with van der Waals surface area (Å²) < 4.78 is 0. The number of hydrogen-bond acceptors (Lipinski definition) is 2. The largest absolute Gasteiger partial charge is 0.325 e. The van der Waals surface area contributed by atoms with Crippen molar-refractivity contribution in [2.75, 3.05) is 16.8 Å². The number of benzene rings is 2.